The summed E-state index contributed by atoms with van der Waals surface area (Å²) in [5, 5.41) is 11.5. The molecule has 2 N–H and O–H groups in total. The number of carbonyl (C=O) groups is 1. The minimum Gasteiger partial charge on any atom is -0.376 e. The van der Waals surface area contributed by atoms with Gasteiger partial charge in [-0.15, -0.1) is 0 Å². The first-order valence-corrected chi connectivity index (χ1v) is 9.22. The zero-order chi connectivity index (χ0) is 19.6. The number of anilines is 2. The second-order valence-electron chi connectivity index (χ2n) is 6.35. The average molecular weight is 403 g/mol. The molecular weight excluding hydrogens is 383 g/mol. The Hall–Kier alpha value is -2.50. The third kappa shape index (κ3) is 4.62. The van der Waals surface area contributed by atoms with Crippen LogP contribution in [-0.4, -0.2) is 22.2 Å². The molecule has 0 saturated carbocycles. The summed E-state index contributed by atoms with van der Waals surface area (Å²) in [4.78, 5) is 12.4. The first kappa shape index (κ1) is 19.3. The molecule has 140 valence electrons. The Morgan fingerprint density at radius 1 is 1.04 bits per heavy atom. The molecule has 0 aliphatic heterocycles. The van der Waals surface area contributed by atoms with Crippen molar-refractivity contribution in [3.63, 3.8) is 0 Å². The number of hydrogen-bond donors (Lipinski definition) is 2. The Bertz CT molecular complexity index is 960. The number of amides is 1. The number of aryl methyl sites for hydroxylation is 2. The van der Waals surface area contributed by atoms with Crippen LogP contribution in [-0.2, 0) is 4.79 Å². The minimum absolute atomic E-state index is 0.0886. The molecule has 3 aromatic rings. The summed E-state index contributed by atoms with van der Waals surface area (Å²) in [6.07, 6.45) is 0. The first-order valence-electron chi connectivity index (χ1n) is 8.46. The van der Waals surface area contributed by atoms with Crippen LogP contribution in [0.4, 0.5) is 11.4 Å². The SMILES string of the molecule is Cc1ccc(-n2nc(C)c(NC(=O)CNc3cc(Cl)cc(Cl)c3)c2C)cc1. The molecule has 0 unspecified atom stereocenters. The van der Waals surface area contributed by atoms with Crippen LogP contribution in [0.15, 0.2) is 42.5 Å². The zero-order valence-corrected chi connectivity index (χ0v) is 16.8. The topological polar surface area (TPSA) is 59.0 Å². The number of nitrogens with one attached hydrogen (secondary N) is 2. The van der Waals surface area contributed by atoms with Gasteiger partial charge in [0.15, 0.2) is 0 Å². The third-order valence-corrected chi connectivity index (χ3v) is 4.59. The van der Waals surface area contributed by atoms with Gasteiger partial charge in [0, 0.05) is 15.7 Å². The van der Waals surface area contributed by atoms with Crippen molar-refractivity contribution in [1.82, 2.24) is 9.78 Å². The largest absolute Gasteiger partial charge is 0.376 e. The van der Waals surface area contributed by atoms with Gasteiger partial charge in [-0.3, -0.25) is 4.79 Å². The molecular formula is C20H20Cl2N4O. The van der Waals surface area contributed by atoms with E-state index in [2.05, 4.69) is 15.7 Å². The van der Waals surface area contributed by atoms with Crippen molar-refractivity contribution in [3.8, 4) is 5.69 Å². The number of rotatable bonds is 5. The molecule has 0 saturated heterocycles. The molecule has 0 bridgehead atoms. The predicted octanol–water partition coefficient (Wildman–Crippen LogP) is 5.15. The molecule has 1 amide bonds. The Labute approximate surface area is 168 Å². The van der Waals surface area contributed by atoms with Crippen LogP contribution in [0.5, 0.6) is 0 Å². The monoisotopic (exact) mass is 402 g/mol. The standard InChI is InChI=1S/C20H20Cl2N4O/c1-12-4-6-18(7-5-12)26-14(3)20(13(2)25-26)24-19(27)11-23-17-9-15(21)8-16(22)10-17/h4-10,23H,11H2,1-3H3,(H,24,27). The van der Waals surface area contributed by atoms with Crippen molar-refractivity contribution in [2.45, 2.75) is 20.8 Å². The van der Waals surface area contributed by atoms with Gasteiger partial charge in [-0.05, 0) is 51.1 Å². The molecule has 0 aliphatic rings. The van der Waals surface area contributed by atoms with Gasteiger partial charge in [0.25, 0.3) is 0 Å². The number of aromatic nitrogens is 2. The Morgan fingerprint density at radius 3 is 2.30 bits per heavy atom. The van der Waals surface area contributed by atoms with E-state index in [1.807, 2.05) is 49.7 Å². The van der Waals surface area contributed by atoms with Crippen LogP contribution < -0.4 is 10.6 Å². The number of benzene rings is 2. The van der Waals surface area contributed by atoms with Crippen LogP contribution in [0.3, 0.4) is 0 Å². The number of nitrogens with zero attached hydrogens (tertiary/aromatic N) is 2. The van der Waals surface area contributed by atoms with Crippen molar-refractivity contribution in [2.75, 3.05) is 17.2 Å². The second-order valence-corrected chi connectivity index (χ2v) is 7.23. The molecule has 3 rings (SSSR count). The van der Waals surface area contributed by atoms with Crippen molar-refractivity contribution < 1.29 is 4.79 Å². The lowest BCUT2D eigenvalue weighted by Gasteiger charge is -2.09. The van der Waals surface area contributed by atoms with Crippen molar-refractivity contribution in [3.05, 3.63) is 69.5 Å². The van der Waals surface area contributed by atoms with E-state index in [4.69, 9.17) is 23.2 Å². The zero-order valence-electron chi connectivity index (χ0n) is 15.3. The molecule has 5 nitrogen and oxygen atoms in total. The molecule has 1 heterocycles. The fraction of sp³-hybridized carbons (Fsp3) is 0.200. The fourth-order valence-electron chi connectivity index (χ4n) is 2.78. The van der Waals surface area contributed by atoms with Crippen LogP contribution >= 0.6 is 23.2 Å². The van der Waals surface area contributed by atoms with Gasteiger partial charge in [-0.25, -0.2) is 4.68 Å². The summed E-state index contributed by atoms with van der Waals surface area (Å²) in [6.45, 7) is 5.93. The highest BCUT2D eigenvalue weighted by Crippen LogP contribution is 2.24. The van der Waals surface area contributed by atoms with Gasteiger partial charge in [-0.1, -0.05) is 40.9 Å². The lowest BCUT2D eigenvalue weighted by molar-refractivity contribution is -0.114. The summed E-state index contributed by atoms with van der Waals surface area (Å²) in [6, 6.07) is 13.1. The van der Waals surface area contributed by atoms with Crippen LogP contribution in [0.2, 0.25) is 10.0 Å². The van der Waals surface area contributed by atoms with E-state index in [1.54, 1.807) is 18.2 Å². The summed E-state index contributed by atoms with van der Waals surface area (Å²) in [7, 11) is 0. The number of carbonyl (C=O) groups excluding carboxylic acids is 1. The molecule has 2 aromatic carbocycles. The van der Waals surface area contributed by atoms with E-state index in [1.165, 1.54) is 5.56 Å². The average Bonchev–Trinajstić information content (AvgIpc) is 2.88. The molecule has 0 fully saturated rings. The molecule has 0 aliphatic carbocycles. The van der Waals surface area contributed by atoms with Crippen molar-refractivity contribution in [2.24, 2.45) is 0 Å². The van der Waals surface area contributed by atoms with Crippen molar-refractivity contribution in [1.29, 1.82) is 0 Å². The maximum atomic E-state index is 12.4. The highest BCUT2D eigenvalue weighted by atomic mass is 35.5. The van der Waals surface area contributed by atoms with E-state index in [-0.39, 0.29) is 12.5 Å². The highest BCUT2D eigenvalue weighted by Gasteiger charge is 2.15. The molecule has 0 atom stereocenters. The summed E-state index contributed by atoms with van der Waals surface area (Å²) < 4.78 is 1.83. The third-order valence-electron chi connectivity index (χ3n) is 4.15. The van der Waals surface area contributed by atoms with E-state index in [0.717, 1.165) is 17.1 Å². The first-order chi connectivity index (χ1) is 12.8. The lowest BCUT2D eigenvalue weighted by Crippen LogP contribution is -2.22. The van der Waals surface area contributed by atoms with E-state index >= 15 is 0 Å². The summed E-state index contributed by atoms with van der Waals surface area (Å²) in [5.74, 6) is -0.180. The minimum atomic E-state index is -0.180. The van der Waals surface area contributed by atoms with E-state index < -0.39 is 0 Å². The normalized spacial score (nSPS) is 10.7. The number of hydrogen-bond acceptors (Lipinski definition) is 3. The van der Waals surface area contributed by atoms with Gasteiger partial charge in [0.2, 0.25) is 5.91 Å². The smallest absolute Gasteiger partial charge is 0.243 e. The van der Waals surface area contributed by atoms with Crippen molar-refractivity contribution >= 4 is 40.5 Å². The highest BCUT2D eigenvalue weighted by molar-refractivity contribution is 6.35. The Kier molecular flexibility index (Phi) is 5.73. The van der Waals surface area contributed by atoms with Crippen LogP contribution in [0.25, 0.3) is 5.69 Å². The Morgan fingerprint density at radius 2 is 1.67 bits per heavy atom. The fourth-order valence-corrected chi connectivity index (χ4v) is 3.31. The predicted molar refractivity (Wildman–Crippen MR) is 111 cm³/mol. The van der Waals surface area contributed by atoms with Gasteiger partial charge in [0.05, 0.1) is 29.3 Å². The lowest BCUT2D eigenvalue weighted by atomic mass is 10.2. The second kappa shape index (κ2) is 8.03. The number of halogens is 2. The molecule has 1 aromatic heterocycles. The van der Waals surface area contributed by atoms with Gasteiger partial charge in [0.1, 0.15) is 0 Å². The van der Waals surface area contributed by atoms with E-state index in [0.29, 0.717) is 21.4 Å². The van der Waals surface area contributed by atoms with Gasteiger partial charge < -0.3 is 10.6 Å². The summed E-state index contributed by atoms with van der Waals surface area (Å²) >= 11 is 11.9. The molecule has 27 heavy (non-hydrogen) atoms. The summed E-state index contributed by atoms with van der Waals surface area (Å²) in [5.41, 5.74) is 5.16. The Balaban J connectivity index is 1.71. The van der Waals surface area contributed by atoms with Crippen LogP contribution in [0.1, 0.15) is 17.0 Å². The molecule has 0 radical (unpaired) electrons. The molecule has 0 spiro atoms. The van der Waals surface area contributed by atoms with Gasteiger partial charge >= 0.3 is 0 Å². The van der Waals surface area contributed by atoms with Crippen LogP contribution in [0, 0.1) is 20.8 Å². The van der Waals surface area contributed by atoms with E-state index in [9.17, 15) is 4.79 Å². The molecule has 7 heteroatoms. The van der Waals surface area contributed by atoms with Gasteiger partial charge in [-0.2, -0.15) is 5.10 Å². The maximum absolute atomic E-state index is 12.4. The quantitative estimate of drug-likeness (QED) is 0.619. The maximum Gasteiger partial charge on any atom is 0.243 e.